The van der Waals surface area contributed by atoms with E-state index in [2.05, 4.69) is 40.3 Å². The predicted octanol–water partition coefficient (Wildman–Crippen LogP) is 6.73. The highest BCUT2D eigenvalue weighted by Gasteiger charge is 2.36. The number of rotatable bonds is 4. The van der Waals surface area contributed by atoms with Crippen LogP contribution >= 0.6 is 11.3 Å². The van der Waals surface area contributed by atoms with Gasteiger partial charge >= 0.3 is 12.0 Å². The zero-order valence-electron chi connectivity index (χ0n) is 20.8. The van der Waals surface area contributed by atoms with Crippen molar-refractivity contribution in [2.24, 2.45) is 0 Å². The Morgan fingerprint density at radius 1 is 0.973 bits per heavy atom. The minimum absolute atomic E-state index is 0.172. The number of nitrogens with zero attached hydrogens (tertiary/aromatic N) is 2. The molecule has 1 N–H and O–H groups in total. The second kappa shape index (κ2) is 9.90. The van der Waals surface area contributed by atoms with Gasteiger partial charge in [0, 0.05) is 22.3 Å². The molecule has 2 aromatic heterocycles. The van der Waals surface area contributed by atoms with Crippen LogP contribution in [0.25, 0.3) is 5.00 Å². The van der Waals surface area contributed by atoms with Crippen molar-refractivity contribution in [1.29, 1.82) is 0 Å². The molecule has 2 amide bonds. The number of thiophene rings is 1. The molecule has 0 saturated carbocycles. The van der Waals surface area contributed by atoms with Gasteiger partial charge in [-0.25, -0.2) is 9.59 Å². The van der Waals surface area contributed by atoms with Crippen molar-refractivity contribution in [3.63, 3.8) is 0 Å². The van der Waals surface area contributed by atoms with E-state index < -0.39 is 0 Å². The van der Waals surface area contributed by atoms with Crippen molar-refractivity contribution < 1.29 is 14.3 Å². The number of carbonyl (C=O) groups excluding carboxylic acids is 2. The Hall–Kier alpha value is -3.84. The fourth-order valence-corrected chi connectivity index (χ4v) is 6.88. The number of carbonyl (C=O) groups is 2. The quantitative estimate of drug-likeness (QED) is 0.309. The molecule has 0 radical (unpaired) electrons. The van der Waals surface area contributed by atoms with Crippen molar-refractivity contribution in [3.05, 3.63) is 106 Å². The first-order valence-electron chi connectivity index (χ1n) is 12.8. The van der Waals surface area contributed by atoms with E-state index in [0.717, 1.165) is 24.1 Å². The zero-order chi connectivity index (χ0) is 25.4. The molecule has 188 valence electrons. The highest BCUT2D eigenvalue weighted by atomic mass is 32.1. The van der Waals surface area contributed by atoms with Gasteiger partial charge in [0.05, 0.1) is 30.5 Å². The van der Waals surface area contributed by atoms with Crippen LogP contribution in [0.3, 0.4) is 0 Å². The van der Waals surface area contributed by atoms with Gasteiger partial charge in [-0.3, -0.25) is 0 Å². The van der Waals surface area contributed by atoms with E-state index in [1.54, 1.807) is 31.2 Å². The van der Waals surface area contributed by atoms with Crippen LogP contribution in [0, 0.1) is 0 Å². The third-order valence-corrected chi connectivity index (χ3v) is 8.54. The van der Waals surface area contributed by atoms with Gasteiger partial charge in [-0.2, -0.15) is 0 Å². The lowest BCUT2D eigenvalue weighted by atomic mass is 9.95. The molecule has 1 unspecified atom stereocenters. The molecule has 1 atom stereocenters. The number of fused-ring (bicyclic) bond motifs is 5. The molecule has 7 heteroatoms. The van der Waals surface area contributed by atoms with Gasteiger partial charge < -0.3 is 19.5 Å². The first-order chi connectivity index (χ1) is 18.1. The predicted molar refractivity (Wildman–Crippen MR) is 146 cm³/mol. The molecule has 1 aliphatic heterocycles. The summed E-state index contributed by atoms with van der Waals surface area (Å²) in [4.78, 5) is 29.4. The summed E-state index contributed by atoms with van der Waals surface area (Å²) in [5.41, 5.74) is 5.94. The van der Waals surface area contributed by atoms with Crippen LogP contribution in [0.5, 0.6) is 0 Å². The van der Waals surface area contributed by atoms with Crippen LogP contribution in [-0.2, 0) is 24.1 Å². The molecule has 37 heavy (non-hydrogen) atoms. The Bertz CT molecular complexity index is 1440. The highest BCUT2D eigenvalue weighted by Crippen LogP contribution is 2.44. The molecule has 4 aromatic rings. The number of hydrogen-bond donors (Lipinski definition) is 1. The van der Waals surface area contributed by atoms with Crippen molar-refractivity contribution in [2.45, 2.75) is 45.2 Å². The van der Waals surface area contributed by atoms with Crippen LogP contribution in [0.4, 0.5) is 10.5 Å². The molecule has 6 rings (SSSR count). The van der Waals surface area contributed by atoms with Crippen molar-refractivity contribution >= 4 is 29.0 Å². The summed E-state index contributed by atoms with van der Waals surface area (Å²) in [6, 6.07) is 20.9. The van der Waals surface area contributed by atoms with Crippen LogP contribution in [0.15, 0.2) is 72.9 Å². The molecular weight excluding hydrogens is 482 g/mol. The van der Waals surface area contributed by atoms with Gasteiger partial charge in [0.15, 0.2) is 0 Å². The average molecular weight is 512 g/mol. The summed E-state index contributed by atoms with van der Waals surface area (Å²) in [7, 11) is 0. The summed E-state index contributed by atoms with van der Waals surface area (Å²) in [6.45, 7) is 2.64. The standard InChI is InChI=1S/C30H29N3O3S/c1-2-36-29(34)21-14-16-22(17-15-21)31-30(35)33-19-24-23-11-6-7-13-26(23)37-28(24)32-18-8-12-25(32)27(33)20-9-4-3-5-10-20/h3-5,8-10,12,14-18,27H,2,6-7,11,13,19H2,1H3,(H,31,35). The summed E-state index contributed by atoms with van der Waals surface area (Å²) >= 11 is 1.88. The van der Waals surface area contributed by atoms with Gasteiger partial charge in [0.2, 0.25) is 0 Å². The summed E-state index contributed by atoms with van der Waals surface area (Å²) in [5.74, 6) is -0.368. The van der Waals surface area contributed by atoms with E-state index in [1.165, 1.54) is 33.8 Å². The van der Waals surface area contributed by atoms with E-state index in [0.29, 0.717) is 24.4 Å². The van der Waals surface area contributed by atoms with Crippen LogP contribution in [0.2, 0.25) is 0 Å². The number of urea groups is 1. The molecule has 0 saturated heterocycles. The number of anilines is 1. The second-order valence-electron chi connectivity index (χ2n) is 9.47. The smallest absolute Gasteiger partial charge is 0.338 e. The number of aromatic nitrogens is 1. The zero-order valence-corrected chi connectivity index (χ0v) is 21.6. The molecule has 2 aromatic carbocycles. The molecule has 6 nitrogen and oxygen atoms in total. The van der Waals surface area contributed by atoms with Crippen LogP contribution in [0.1, 0.15) is 63.4 Å². The monoisotopic (exact) mass is 511 g/mol. The summed E-state index contributed by atoms with van der Waals surface area (Å²) in [5, 5.41) is 4.33. The fraction of sp³-hybridized carbons (Fsp3) is 0.267. The summed E-state index contributed by atoms with van der Waals surface area (Å²) < 4.78 is 7.37. The third kappa shape index (κ3) is 4.33. The molecular formula is C30H29N3O3S. The second-order valence-corrected chi connectivity index (χ2v) is 10.6. The van der Waals surface area contributed by atoms with Gasteiger partial charge in [0.25, 0.3) is 0 Å². The molecule has 0 bridgehead atoms. The first kappa shape index (κ1) is 23.6. The Labute approximate surface area is 220 Å². The number of aryl methyl sites for hydroxylation is 1. The number of ether oxygens (including phenoxy) is 1. The highest BCUT2D eigenvalue weighted by molar-refractivity contribution is 7.15. The molecule has 0 spiro atoms. The molecule has 3 heterocycles. The first-order valence-corrected chi connectivity index (χ1v) is 13.7. The lowest BCUT2D eigenvalue weighted by Crippen LogP contribution is -2.38. The Morgan fingerprint density at radius 3 is 2.54 bits per heavy atom. The maximum atomic E-state index is 14.0. The maximum absolute atomic E-state index is 14.0. The number of hydrogen-bond acceptors (Lipinski definition) is 4. The third-order valence-electron chi connectivity index (χ3n) is 7.20. The minimum atomic E-state index is -0.368. The lowest BCUT2D eigenvalue weighted by Gasteiger charge is -2.31. The van der Waals surface area contributed by atoms with Gasteiger partial charge in [-0.1, -0.05) is 30.3 Å². The number of amides is 2. The average Bonchev–Trinajstić information content (AvgIpc) is 3.51. The van der Waals surface area contributed by atoms with E-state index >= 15 is 0 Å². The van der Waals surface area contributed by atoms with E-state index in [4.69, 9.17) is 4.74 Å². The Morgan fingerprint density at radius 2 is 1.76 bits per heavy atom. The fourth-order valence-electron chi connectivity index (χ4n) is 5.47. The lowest BCUT2D eigenvalue weighted by molar-refractivity contribution is 0.0526. The largest absolute Gasteiger partial charge is 0.462 e. The Kier molecular flexibility index (Phi) is 6.30. The molecule has 0 fully saturated rings. The van der Waals surface area contributed by atoms with Crippen LogP contribution in [-0.4, -0.2) is 28.1 Å². The maximum Gasteiger partial charge on any atom is 0.338 e. The topological polar surface area (TPSA) is 63.6 Å². The molecule has 2 aliphatic rings. The van der Waals surface area contributed by atoms with Crippen molar-refractivity contribution in [1.82, 2.24) is 9.47 Å². The van der Waals surface area contributed by atoms with E-state index in [9.17, 15) is 9.59 Å². The molecule has 1 aliphatic carbocycles. The minimum Gasteiger partial charge on any atom is -0.462 e. The number of esters is 1. The normalized spacial score (nSPS) is 16.2. The van der Waals surface area contributed by atoms with Crippen molar-refractivity contribution in [3.8, 4) is 5.00 Å². The summed E-state index contributed by atoms with van der Waals surface area (Å²) in [6.07, 6.45) is 6.73. The van der Waals surface area contributed by atoms with Crippen molar-refractivity contribution in [2.75, 3.05) is 11.9 Å². The number of nitrogens with one attached hydrogen (secondary N) is 1. The van der Waals surface area contributed by atoms with Gasteiger partial charge in [0.1, 0.15) is 5.00 Å². The van der Waals surface area contributed by atoms with Gasteiger partial charge in [-0.15, -0.1) is 11.3 Å². The van der Waals surface area contributed by atoms with E-state index in [-0.39, 0.29) is 18.0 Å². The number of benzene rings is 2. The SMILES string of the molecule is CCOC(=O)c1ccc(NC(=O)N2Cc3c(sc4c3CCCC4)-n3cccc3C2c2ccccc2)cc1. The van der Waals surface area contributed by atoms with Gasteiger partial charge in [-0.05, 0) is 80.1 Å². The van der Waals surface area contributed by atoms with Crippen LogP contribution < -0.4 is 5.32 Å². The van der Waals surface area contributed by atoms with E-state index in [1.807, 2.05) is 34.4 Å². The Balaban J connectivity index is 1.39.